The molecule has 2 aromatic heterocycles. The lowest BCUT2D eigenvalue weighted by Gasteiger charge is -2.16. The van der Waals surface area contributed by atoms with Crippen LogP contribution in [-0.4, -0.2) is 37.4 Å². The van der Waals surface area contributed by atoms with Gasteiger partial charge in [0, 0.05) is 7.05 Å². The molecule has 1 amide bonds. The van der Waals surface area contributed by atoms with Crippen molar-refractivity contribution in [1.82, 2.24) is 24.8 Å². The molecule has 0 aliphatic carbocycles. The first-order valence-corrected chi connectivity index (χ1v) is 9.22. The molecular weight excluding hydrogens is 322 g/mol. The summed E-state index contributed by atoms with van der Waals surface area (Å²) in [6, 6.07) is 7.73. The number of rotatable bonds is 6. The Kier molecular flexibility index (Phi) is 4.89. The van der Waals surface area contributed by atoms with Crippen LogP contribution in [0.5, 0.6) is 0 Å². The fraction of sp³-hybridized carbons (Fsp3) is 0.353. The van der Waals surface area contributed by atoms with E-state index < -0.39 is 0 Å². The SMILES string of the molecule is CSCC[C@@H](NC(=O)c1c(C)ncn1C)c1nc2ccccc2[nH]1. The normalized spacial score (nSPS) is 12.5. The van der Waals surface area contributed by atoms with Crippen molar-refractivity contribution < 1.29 is 4.79 Å². The minimum Gasteiger partial charge on any atom is -0.341 e. The Hall–Kier alpha value is -2.28. The van der Waals surface area contributed by atoms with Gasteiger partial charge in [-0.05, 0) is 37.5 Å². The quantitative estimate of drug-likeness (QED) is 0.722. The monoisotopic (exact) mass is 343 g/mol. The van der Waals surface area contributed by atoms with Crippen molar-refractivity contribution in [3.63, 3.8) is 0 Å². The lowest BCUT2D eigenvalue weighted by Crippen LogP contribution is -2.31. The molecule has 3 aromatic rings. The van der Waals surface area contributed by atoms with E-state index in [9.17, 15) is 4.79 Å². The predicted octanol–water partition coefficient (Wildman–Crippen LogP) is 2.83. The van der Waals surface area contributed by atoms with E-state index in [-0.39, 0.29) is 11.9 Å². The molecule has 0 spiro atoms. The molecule has 1 atom stereocenters. The number of aromatic nitrogens is 4. The number of nitrogens with zero attached hydrogens (tertiary/aromatic N) is 3. The molecule has 0 saturated heterocycles. The van der Waals surface area contributed by atoms with Crippen LogP contribution in [0.3, 0.4) is 0 Å². The van der Waals surface area contributed by atoms with Gasteiger partial charge in [-0.25, -0.2) is 9.97 Å². The summed E-state index contributed by atoms with van der Waals surface area (Å²) >= 11 is 1.75. The van der Waals surface area contributed by atoms with Gasteiger partial charge in [-0.3, -0.25) is 4.79 Å². The molecule has 0 bridgehead atoms. The third-order valence-electron chi connectivity index (χ3n) is 3.99. The highest BCUT2D eigenvalue weighted by atomic mass is 32.2. The zero-order valence-electron chi connectivity index (χ0n) is 14.0. The molecule has 0 aliphatic heterocycles. The van der Waals surface area contributed by atoms with Crippen molar-refractivity contribution in [2.45, 2.75) is 19.4 Å². The third kappa shape index (κ3) is 3.31. The number of aromatic amines is 1. The second-order valence-corrected chi connectivity index (χ2v) is 6.72. The lowest BCUT2D eigenvalue weighted by molar-refractivity contribution is 0.0925. The van der Waals surface area contributed by atoms with Gasteiger partial charge in [-0.2, -0.15) is 11.8 Å². The van der Waals surface area contributed by atoms with E-state index in [0.717, 1.165) is 34.7 Å². The molecule has 1 aromatic carbocycles. The molecule has 126 valence electrons. The van der Waals surface area contributed by atoms with Gasteiger partial charge in [-0.1, -0.05) is 12.1 Å². The van der Waals surface area contributed by atoms with Crippen molar-refractivity contribution >= 4 is 28.7 Å². The van der Waals surface area contributed by atoms with Crippen LogP contribution in [0.2, 0.25) is 0 Å². The largest absolute Gasteiger partial charge is 0.341 e. The number of hydrogen-bond donors (Lipinski definition) is 2. The van der Waals surface area contributed by atoms with Gasteiger partial charge in [0.05, 0.1) is 29.1 Å². The first-order valence-electron chi connectivity index (χ1n) is 7.82. The Labute approximate surface area is 145 Å². The maximum absolute atomic E-state index is 12.7. The first-order chi connectivity index (χ1) is 11.6. The van der Waals surface area contributed by atoms with Crippen LogP contribution < -0.4 is 5.32 Å². The molecule has 24 heavy (non-hydrogen) atoms. The molecule has 0 aliphatic rings. The molecule has 0 radical (unpaired) electrons. The van der Waals surface area contributed by atoms with Crippen LogP contribution in [0.1, 0.15) is 34.5 Å². The summed E-state index contributed by atoms with van der Waals surface area (Å²) in [5, 5.41) is 3.11. The number of amides is 1. The minimum atomic E-state index is -0.161. The van der Waals surface area contributed by atoms with Crippen molar-refractivity contribution in [2.24, 2.45) is 7.05 Å². The fourth-order valence-corrected chi connectivity index (χ4v) is 3.22. The summed E-state index contributed by atoms with van der Waals surface area (Å²) in [4.78, 5) is 24.8. The van der Waals surface area contributed by atoms with Crippen LogP contribution in [0.4, 0.5) is 0 Å². The summed E-state index contributed by atoms with van der Waals surface area (Å²) in [5.41, 5.74) is 3.20. The van der Waals surface area contributed by atoms with E-state index in [0.29, 0.717) is 5.69 Å². The number of nitrogens with one attached hydrogen (secondary N) is 2. The van der Waals surface area contributed by atoms with Crippen molar-refractivity contribution in [2.75, 3.05) is 12.0 Å². The Morgan fingerprint density at radius 2 is 2.21 bits per heavy atom. The topological polar surface area (TPSA) is 75.6 Å². The van der Waals surface area contributed by atoms with Crippen molar-refractivity contribution in [3.8, 4) is 0 Å². The van der Waals surface area contributed by atoms with Gasteiger partial charge < -0.3 is 14.9 Å². The predicted molar refractivity (Wildman–Crippen MR) is 97.2 cm³/mol. The number of H-pyrrole nitrogens is 1. The highest BCUT2D eigenvalue weighted by Crippen LogP contribution is 2.21. The van der Waals surface area contributed by atoms with Gasteiger partial charge in [0.25, 0.3) is 5.91 Å². The number of benzene rings is 1. The first kappa shape index (κ1) is 16.6. The molecule has 3 rings (SSSR count). The number of thioether (sulfide) groups is 1. The zero-order valence-corrected chi connectivity index (χ0v) is 14.9. The van der Waals surface area contributed by atoms with E-state index in [1.165, 1.54) is 0 Å². The Bertz CT molecular complexity index is 801. The fourth-order valence-electron chi connectivity index (χ4n) is 2.75. The summed E-state index contributed by atoms with van der Waals surface area (Å²) in [5.74, 6) is 1.60. The maximum atomic E-state index is 12.7. The molecule has 2 N–H and O–H groups in total. The average molecular weight is 343 g/mol. The average Bonchev–Trinajstić information content (AvgIpc) is 3.14. The minimum absolute atomic E-state index is 0.126. The standard InChI is InChI=1S/C17H21N5OS/c1-11-15(22(2)10-18-11)17(23)21-14(8-9-24-3)16-19-12-6-4-5-7-13(12)20-16/h4-7,10,14H,8-9H2,1-3H3,(H,19,20)(H,21,23)/t14-/m1/s1. The lowest BCUT2D eigenvalue weighted by atomic mass is 10.2. The van der Waals surface area contributed by atoms with E-state index in [1.54, 1.807) is 22.7 Å². The molecule has 0 fully saturated rings. The maximum Gasteiger partial charge on any atom is 0.270 e. The third-order valence-corrected chi connectivity index (χ3v) is 4.63. The van der Waals surface area contributed by atoms with Gasteiger partial charge in [0.15, 0.2) is 0 Å². The molecule has 6 nitrogen and oxygen atoms in total. The number of fused-ring (bicyclic) bond motifs is 1. The van der Waals surface area contributed by atoms with Crippen LogP contribution in [-0.2, 0) is 7.05 Å². The van der Waals surface area contributed by atoms with Gasteiger partial charge >= 0.3 is 0 Å². The number of aryl methyl sites for hydroxylation is 2. The summed E-state index contributed by atoms with van der Waals surface area (Å²) < 4.78 is 1.74. The summed E-state index contributed by atoms with van der Waals surface area (Å²) in [7, 11) is 1.83. The zero-order chi connectivity index (χ0) is 17.1. The molecule has 2 heterocycles. The number of carbonyl (C=O) groups excluding carboxylic acids is 1. The molecule has 0 unspecified atom stereocenters. The van der Waals surface area contributed by atoms with Crippen LogP contribution in [0.25, 0.3) is 11.0 Å². The van der Waals surface area contributed by atoms with E-state index in [4.69, 9.17) is 0 Å². The number of para-hydroxylation sites is 2. The Morgan fingerprint density at radius 3 is 2.88 bits per heavy atom. The second kappa shape index (κ2) is 7.09. The van der Waals surface area contributed by atoms with Crippen molar-refractivity contribution in [1.29, 1.82) is 0 Å². The highest BCUT2D eigenvalue weighted by Gasteiger charge is 2.22. The smallest absolute Gasteiger partial charge is 0.270 e. The van der Waals surface area contributed by atoms with Gasteiger partial charge in [-0.15, -0.1) is 0 Å². The number of imidazole rings is 2. The summed E-state index contributed by atoms with van der Waals surface area (Å²) in [6.07, 6.45) is 4.52. The van der Waals surface area contributed by atoms with Crippen LogP contribution >= 0.6 is 11.8 Å². The van der Waals surface area contributed by atoms with Crippen LogP contribution in [0.15, 0.2) is 30.6 Å². The number of carbonyl (C=O) groups is 1. The molecular formula is C17H21N5OS. The van der Waals surface area contributed by atoms with Crippen LogP contribution in [0, 0.1) is 6.92 Å². The summed E-state index contributed by atoms with van der Waals surface area (Å²) in [6.45, 7) is 1.84. The Morgan fingerprint density at radius 1 is 1.42 bits per heavy atom. The van der Waals surface area contributed by atoms with E-state index in [2.05, 4.69) is 26.5 Å². The van der Waals surface area contributed by atoms with E-state index in [1.807, 2.05) is 38.2 Å². The Balaban J connectivity index is 1.87. The van der Waals surface area contributed by atoms with E-state index >= 15 is 0 Å². The molecule has 7 heteroatoms. The van der Waals surface area contributed by atoms with Gasteiger partial charge in [0.1, 0.15) is 11.5 Å². The second-order valence-electron chi connectivity index (χ2n) is 5.74. The van der Waals surface area contributed by atoms with Gasteiger partial charge in [0.2, 0.25) is 0 Å². The molecule has 0 saturated carbocycles. The van der Waals surface area contributed by atoms with Crippen molar-refractivity contribution in [3.05, 3.63) is 47.8 Å². The highest BCUT2D eigenvalue weighted by molar-refractivity contribution is 7.98. The number of hydrogen-bond acceptors (Lipinski definition) is 4.